The van der Waals surface area contributed by atoms with Crippen molar-refractivity contribution < 1.29 is 29.0 Å². The van der Waals surface area contributed by atoms with Crippen LogP contribution in [0.25, 0.3) is 0 Å². The van der Waals surface area contributed by atoms with Gasteiger partial charge in [-0.3, -0.25) is 19.7 Å². The first-order valence-electron chi connectivity index (χ1n) is 11.8. The van der Waals surface area contributed by atoms with Crippen LogP contribution in [0.4, 0.5) is 5.69 Å². The monoisotopic (exact) mass is 461 g/mol. The minimum absolute atomic E-state index is 0.0618. The van der Waals surface area contributed by atoms with Gasteiger partial charge in [0, 0.05) is 0 Å². The van der Waals surface area contributed by atoms with Gasteiger partial charge in [-0.05, 0) is 57.3 Å². The summed E-state index contributed by atoms with van der Waals surface area (Å²) in [4.78, 5) is 38.5. The van der Waals surface area contributed by atoms with Crippen molar-refractivity contribution in [3.63, 3.8) is 0 Å². The Morgan fingerprint density at radius 3 is 2.64 bits per heavy atom. The van der Waals surface area contributed by atoms with Crippen LogP contribution in [0.1, 0.15) is 52.4 Å². The van der Waals surface area contributed by atoms with Gasteiger partial charge in [-0.15, -0.1) is 0 Å². The number of amides is 1. The minimum Gasteiger partial charge on any atom is -0.485 e. The molecule has 0 spiro atoms. The number of rotatable bonds is 10. The summed E-state index contributed by atoms with van der Waals surface area (Å²) in [6, 6.07) is 5.87. The largest absolute Gasteiger partial charge is 0.485 e. The SMILES string of the molecule is CCCC[C@@](N[C@@H]1C(=O)Nc2ccccc2O[C@H]1CC(=O)O)(C(=O)OCC)C1CCNCC1. The van der Waals surface area contributed by atoms with Crippen molar-refractivity contribution in [2.24, 2.45) is 5.92 Å². The Balaban J connectivity index is 2.02. The third-order valence-corrected chi connectivity index (χ3v) is 6.47. The lowest BCUT2D eigenvalue weighted by atomic mass is 9.74. The highest BCUT2D eigenvalue weighted by Gasteiger charge is 2.51. The van der Waals surface area contributed by atoms with Crippen molar-refractivity contribution in [2.45, 2.75) is 70.1 Å². The van der Waals surface area contributed by atoms with Crippen molar-refractivity contribution in [1.82, 2.24) is 10.6 Å². The van der Waals surface area contributed by atoms with E-state index < -0.39 is 42.0 Å². The molecule has 1 aromatic carbocycles. The number of fused-ring (bicyclic) bond motifs is 1. The number of para-hydroxylation sites is 2. The molecule has 1 amide bonds. The molecular formula is C24H35N3O6. The third kappa shape index (κ3) is 5.83. The fourth-order valence-corrected chi connectivity index (χ4v) is 4.80. The normalized spacial score (nSPS) is 22.8. The average molecular weight is 462 g/mol. The highest BCUT2D eigenvalue weighted by atomic mass is 16.5. The molecule has 2 aliphatic rings. The Morgan fingerprint density at radius 2 is 1.97 bits per heavy atom. The van der Waals surface area contributed by atoms with Crippen molar-refractivity contribution in [3.05, 3.63) is 24.3 Å². The van der Waals surface area contributed by atoms with Crippen molar-refractivity contribution in [3.8, 4) is 5.75 Å². The van der Waals surface area contributed by atoms with Crippen LogP contribution in [0.3, 0.4) is 0 Å². The second kappa shape index (κ2) is 11.5. The van der Waals surface area contributed by atoms with Gasteiger partial charge in [-0.25, -0.2) is 0 Å². The number of nitrogens with one attached hydrogen (secondary N) is 3. The molecule has 2 heterocycles. The van der Waals surface area contributed by atoms with E-state index in [0.717, 1.165) is 38.8 Å². The van der Waals surface area contributed by atoms with Gasteiger partial charge >= 0.3 is 11.9 Å². The average Bonchev–Trinajstić information content (AvgIpc) is 2.92. The Hall–Kier alpha value is -2.65. The van der Waals surface area contributed by atoms with Gasteiger partial charge in [0.1, 0.15) is 23.4 Å². The number of carbonyl (C=O) groups excluding carboxylic acids is 2. The summed E-state index contributed by atoms with van der Waals surface area (Å²) in [7, 11) is 0. The molecule has 33 heavy (non-hydrogen) atoms. The summed E-state index contributed by atoms with van der Waals surface area (Å²) in [5.74, 6) is -1.57. The predicted molar refractivity (Wildman–Crippen MR) is 123 cm³/mol. The van der Waals surface area contributed by atoms with E-state index in [2.05, 4.69) is 16.0 Å². The first kappa shape index (κ1) is 25.0. The number of unbranched alkanes of at least 4 members (excludes halogenated alkanes) is 1. The molecule has 1 saturated heterocycles. The smallest absolute Gasteiger partial charge is 0.326 e. The van der Waals surface area contributed by atoms with E-state index in [1.165, 1.54) is 0 Å². The molecule has 9 nitrogen and oxygen atoms in total. The summed E-state index contributed by atoms with van der Waals surface area (Å²) in [6.07, 6.45) is 2.22. The van der Waals surface area contributed by atoms with E-state index in [4.69, 9.17) is 9.47 Å². The number of piperidine rings is 1. The molecule has 0 unspecified atom stereocenters. The van der Waals surface area contributed by atoms with E-state index in [1.807, 2.05) is 6.92 Å². The highest BCUT2D eigenvalue weighted by Crippen LogP contribution is 2.35. The standard InChI is InChI=1S/C24H35N3O6/c1-3-5-12-24(23(31)32-4-2,16-10-13-25-14-11-16)27-21-19(15-20(28)29)33-18-9-7-6-8-17(18)26-22(21)30/h6-9,16,19,21,25,27H,3-5,10-15H2,1-2H3,(H,26,30)(H,28,29)/t19-,21-,24-/m0/s1. The molecule has 0 radical (unpaired) electrons. The fraction of sp³-hybridized carbons (Fsp3) is 0.625. The third-order valence-electron chi connectivity index (χ3n) is 6.47. The van der Waals surface area contributed by atoms with Crippen molar-refractivity contribution >= 4 is 23.5 Å². The minimum atomic E-state index is -1.12. The van der Waals surface area contributed by atoms with E-state index in [0.29, 0.717) is 17.9 Å². The number of carboxylic acids is 1. The van der Waals surface area contributed by atoms with Gasteiger partial charge in [-0.1, -0.05) is 31.9 Å². The zero-order valence-corrected chi connectivity index (χ0v) is 19.4. The summed E-state index contributed by atoms with van der Waals surface area (Å²) >= 11 is 0. The summed E-state index contributed by atoms with van der Waals surface area (Å²) in [6.45, 7) is 5.55. The van der Waals surface area contributed by atoms with Gasteiger partial charge in [0.15, 0.2) is 0 Å². The number of carbonyl (C=O) groups is 3. The van der Waals surface area contributed by atoms with E-state index in [-0.39, 0.29) is 12.5 Å². The van der Waals surface area contributed by atoms with Gasteiger partial charge < -0.3 is 25.2 Å². The predicted octanol–water partition coefficient (Wildman–Crippen LogP) is 2.31. The number of esters is 1. The maximum Gasteiger partial charge on any atom is 0.326 e. The lowest BCUT2D eigenvalue weighted by Crippen LogP contribution is -2.67. The quantitative estimate of drug-likeness (QED) is 0.391. The van der Waals surface area contributed by atoms with Crippen LogP contribution < -0.4 is 20.7 Å². The molecule has 2 aliphatic heterocycles. The van der Waals surface area contributed by atoms with Crippen LogP contribution in [0.5, 0.6) is 5.75 Å². The highest BCUT2D eigenvalue weighted by molar-refractivity contribution is 5.98. The van der Waals surface area contributed by atoms with Crippen LogP contribution in [-0.4, -0.2) is 60.3 Å². The zero-order chi connectivity index (χ0) is 23.8. The summed E-state index contributed by atoms with van der Waals surface area (Å²) in [5.41, 5.74) is -0.647. The molecule has 182 valence electrons. The van der Waals surface area contributed by atoms with Crippen LogP contribution in [0.15, 0.2) is 24.3 Å². The second-order valence-electron chi connectivity index (χ2n) is 8.68. The molecular weight excluding hydrogens is 426 g/mol. The molecule has 3 rings (SSSR count). The summed E-state index contributed by atoms with van der Waals surface area (Å²) < 4.78 is 11.6. The fourth-order valence-electron chi connectivity index (χ4n) is 4.80. The molecule has 0 saturated carbocycles. The zero-order valence-electron chi connectivity index (χ0n) is 19.4. The van der Waals surface area contributed by atoms with Gasteiger partial charge in [0.05, 0.1) is 18.7 Å². The summed E-state index contributed by atoms with van der Waals surface area (Å²) in [5, 5.41) is 19.1. The number of hydrogen-bond donors (Lipinski definition) is 4. The number of hydrogen-bond acceptors (Lipinski definition) is 7. The van der Waals surface area contributed by atoms with E-state index in [9.17, 15) is 19.5 Å². The topological polar surface area (TPSA) is 126 Å². The maximum atomic E-state index is 13.5. The number of anilines is 1. The Bertz CT molecular complexity index is 841. The molecule has 0 bridgehead atoms. The molecule has 0 aromatic heterocycles. The first-order chi connectivity index (χ1) is 15.9. The lowest BCUT2D eigenvalue weighted by molar-refractivity contribution is -0.156. The lowest BCUT2D eigenvalue weighted by Gasteiger charge is -2.44. The van der Waals surface area contributed by atoms with Crippen LogP contribution in [0.2, 0.25) is 0 Å². The molecule has 9 heteroatoms. The van der Waals surface area contributed by atoms with Crippen molar-refractivity contribution in [1.29, 1.82) is 0 Å². The van der Waals surface area contributed by atoms with Crippen LogP contribution in [0, 0.1) is 5.92 Å². The number of aliphatic carboxylic acids is 1. The van der Waals surface area contributed by atoms with Gasteiger partial charge in [-0.2, -0.15) is 0 Å². The second-order valence-corrected chi connectivity index (χ2v) is 8.68. The van der Waals surface area contributed by atoms with Gasteiger partial charge in [0.2, 0.25) is 5.91 Å². The van der Waals surface area contributed by atoms with Crippen LogP contribution >= 0.6 is 0 Å². The number of carboxylic acid groups (broad SMARTS) is 1. The first-order valence-corrected chi connectivity index (χ1v) is 11.8. The molecule has 1 fully saturated rings. The van der Waals surface area contributed by atoms with Crippen molar-refractivity contribution in [2.75, 3.05) is 25.0 Å². The Morgan fingerprint density at radius 1 is 1.24 bits per heavy atom. The van der Waals surface area contributed by atoms with E-state index >= 15 is 0 Å². The molecule has 1 aromatic rings. The Kier molecular flexibility index (Phi) is 8.68. The van der Waals surface area contributed by atoms with E-state index in [1.54, 1.807) is 31.2 Å². The molecule has 0 aliphatic carbocycles. The van der Waals surface area contributed by atoms with Gasteiger partial charge in [0.25, 0.3) is 0 Å². The van der Waals surface area contributed by atoms with Crippen LogP contribution in [-0.2, 0) is 19.1 Å². The number of benzene rings is 1. The Labute approximate surface area is 194 Å². The number of ether oxygens (including phenoxy) is 2. The molecule has 4 N–H and O–H groups in total. The molecule has 3 atom stereocenters. The maximum absolute atomic E-state index is 13.5.